The van der Waals surface area contributed by atoms with Crippen LogP contribution in [0.2, 0.25) is 0 Å². The first kappa shape index (κ1) is 16.0. The van der Waals surface area contributed by atoms with Crippen LogP contribution >= 0.6 is 0 Å². The van der Waals surface area contributed by atoms with E-state index in [4.69, 9.17) is 4.74 Å². The Morgan fingerprint density at radius 1 is 1.36 bits per heavy atom. The summed E-state index contributed by atoms with van der Waals surface area (Å²) < 4.78 is 5.77. The van der Waals surface area contributed by atoms with Crippen LogP contribution in [0, 0.1) is 0 Å². The highest BCUT2D eigenvalue weighted by Crippen LogP contribution is 2.21. The second-order valence-corrected chi connectivity index (χ2v) is 5.61. The summed E-state index contributed by atoms with van der Waals surface area (Å²) >= 11 is 0. The summed E-state index contributed by atoms with van der Waals surface area (Å²) in [6.07, 6.45) is 0.862. The molecule has 0 spiro atoms. The smallest absolute Gasteiger partial charge is 0.263 e. The van der Waals surface area contributed by atoms with Gasteiger partial charge in [0.15, 0.2) is 6.10 Å². The fourth-order valence-electron chi connectivity index (χ4n) is 2.12. The quantitative estimate of drug-likeness (QED) is 0.889. The third kappa shape index (κ3) is 4.07. The average molecular weight is 302 g/mol. The van der Waals surface area contributed by atoms with Gasteiger partial charge in [0.05, 0.1) is 6.54 Å². The number of H-pyrrole nitrogens is 1. The molecule has 0 bridgehead atoms. The minimum Gasteiger partial charge on any atom is -0.481 e. The average Bonchev–Trinajstić information content (AvgIpc) is 2.99. The number of hydrogen-bond donors (Lipinski definition) is 1. The van der Waals surface area contributed by atoms with E-state index >= 15 is 0 Å². The molecule has 2 aromatic rings. The van der Waals surface area contributed by atoms with Crippen molar-refractivity contribution in [3.05, 3.63) is 42.0 Å². The van der Waals surface area contributed by atoms with Gasteiger partial charge in [0.1, 0.15) is 17.9 Å². The van der Waals surface area contributed by atoms with Crippen LogP contribution in [0.5, 0.6) is 5.75 Å². The Kier molecular flexibility index (Phi) is 5.14. The number of benzene rings is 1. The van der Waals surface area contributed by atoms with Crippen LogP contribution in [-0.4, -0.2) is 39.1 Å². The van der Waals surface area contributed by atoms with Gasteiger partial charge in [0, 0.05) is 7.05 Å². The molecule has 118 valence electrons. The van der Waals surface area contributed by atoms with E-state index in [0.717, 1.165) is 0 Å². The molecule has 0 saturated heterocycles. The van der Waals surface area contributed by atoms with E-state index in [1.165, 1.54) is 11.9 Å². The highest BCUT2D eigenvalue weighted by atomic mass is 16.5. The number of likely N-dealkylation sites (N-methyl/N-ethyl adjacent to an activating group) is 1. The molecule has 0 aliphatic carbocycles. The molecule has 1 heterocycles. The van der Waals surface area contributed by atoms with E-state index in [0.29, 0.717) is 24.0 Å². The molecule has 0 unspecified atom stereocenters. The number of nitrogens with zero attached hydrogens (tertiary/aromatic N) is 3. The molecule has 22 heavy (non-hydrogen) atoms. The van der Waals surface area contributed by atoms with Crippen LogP contribution in [-0.2, 0) is 11.3 Å². The summed E-state index contributed by atoms with van der Waals surface area (Å²) in [6.45, 7) is 6.37. The minimum atomic E-state index is -0.560. The van der Waals surface area contributed by atoms with Crippen molar-refractivity contribution in [2.45, 2.75) is 39.3 Å². The molecule has 6 nitrogen and oxygen atoms in total. The Morgan fingerprint density at radius 3 is 2.77 bits per heavy atom. The molecule has 1 N–H and O–H groups in total. The zero-order chi connectivity index (χ0) is 16.1. The monoisotopic (exact) mass is 302 g/mol. The van der Waals surface area contributed by atoms with Crippen LogP contribution < -0.4 is 4.74 Å². The van der Waals surface area contributed by atoms with Crippen molar-refractivity contribution >= 4 is 5.91 Å². The topological polar surface area (TPSA) is 71.1 Å². The number of nitrogens with one attached hydrogen (secondary N) is 1. The molecule has 2 rings (SSSR count). The molecule has 1 amide bonds. The van der Waals surface area contributed by atoms with Gasteiger partial charge in [-0.2, -0.15) is 5.10 Å². The first-order valence-electron chi connectivity index (χ1n) is 7.33. The third-order valence-corrected chi connectivity index (χ3v) is 3.41. The third-order valence-electron chi connectivity index (χ3n) is 3.41. The van der Waals surface area contributed by atoms with Crippen molar-refractivity contribution in [3.63, 3.8) is 0 Å². The van der Waals surface area contributed by atoms with Crippen LogP contribution in [0.4, 0.5) is 0 Å². The Morgan fingerprint density at radius 2 is 2.14 bits per heavy atom. The van der Waals surface area contributed by atoms with Crippen molar-refractivity contribution < 1.29 is 9.53 Å². The molecule has 1 atom stereocenters. The second kappa shape index (κ2) is 7.06. The molecule has 1 aromatic heterocycles. The molecule has 0 aliphatic rings. The zero-order valence-corrected chi connectivity index (χ0v) is 13.4. The number of aromatic amines is 1. The lowest BCUT2D eigenvalue weighted by atomic mass is 10.0. The molecule has 6 heteroatoms. The maximum atomic E-state index is 12.3. The van der Waals surface area contributed by atoms with E-state index in [-0.39, 0.29) is 5.91 Å². The fraction of sp³-hybridized carbons (Fsp3) is 0.438. The van der Waals surface area contributed by atoms with Crippen molar-refractivity contribution in [3.8, 4) is 5.75 Å². The van der Waals surface area contributed by atoms with Gasteiger partial charge in [-0.05, 0) is 30.5 Å². The van der Waals surface area contributed by atoms with E-state index < -0.39 is 6.10 Å². The Labute approximate surface area is 130 Å². The molecular formula is C16H22N4O2. The van der Waals surface area contributed by atoms with Crippen LogP contribution in [0.25, 0.3) is 0 Å². The number of amides is 1. The van der Waals surface area contributed by atoms with E-state index in [1.54, 1.807) is 18.9 Å². The number of carbonyl (C=O) groups excluding carboxylic acids is 1. The molecule has 0 aliphatic heterocycles. The highest BCUT2D eigenvalue weighted by molar-refractivity contribution is 5.80. The maximum absolute atomic E-state index is 12.3. The number of carbonyl (C=O) groups is 1. The van der Waals surface area contributed by atoms with Crippen molar-refractivity contribution in [2.75, 3.05) is 7.05 Å². The molecule has 0 radical (unpaired) electrons. The number of ether oxygens (including phenoxy) is 1. The second-order valence-electron chi connectivity index (χ2n) is 5.61. The summed E-state index contributed by atoms with van der Waals surface area (Å²) in [7, 11) is 1.72. The number of hydrogen-bond acceptors (Lipinski definition) is 4. The van der Waals surface area contributed by atoms with Gasteiger partial charge < -0.3 is 9.64 Å². The van der Waals surface area contributed by atoms with Crippen molar-refractivity contribution in [2.24, 2.45) is 0 Å². The SMILES string of the molecule is CC(C)c1cccc(O[C@H](C)C(=O)N(C)Cc2ncn[nH]2)c1. The van der Waals surface area contributed by atoms with Crippen LogP contribution in [0.3, 0.4) is 0 Å². The summed E-state index contributed by atoms with van der Waals surface area (Å²) in [5.74, 6) is 1.67. The van der Waals surface area contributed by atoms with E-state index in [2.05, 4.69) is 35.1 Å². The van der Waals surface area contributed by atoms with Gasteiger partial charge in [-0.25, -0.2) is 4.98 Å². The van der Waals surface area contributed by atoms with Crippen molar-refractivity contribution in [1.29, 1.82) is 0 Å². The highest BCUT2D eigenvalue weighted by Gasteiger charge is 2.20. The van der Waals surface area contributed by atoms with Gasteiger partial charge >= 0.3 is 0 Å². The summed E-state index contributed by atoms with van der Waals surface area (Å²) in [4.78, 5) is 17.9. The number of aromatic nitrogens is 3. The summed E-state index contributed by atoms with van der Waals surface area (Å²) in [6, 6.07) is 7.84. The van der Waals surface area contributed by atoms with Gasteiger partial charge in [-0.1, -0.05) is 26.0 Å². The molecule has 0 fully saturated rings. The number of rotatable bonds is 6. The normalized spacial score (nSPS) is 12.2. The Bertz CT molecular complexity index is 610. The lowest BCUT2D eigenvalue weighted by molar-refractivity contribution is -0.137. The van der Waals surface area contributed by atoms with Crippen LogP contribution in [0.1, 0.15) is 38.1 Å². The van der Waals surface area contributed by atoms with Gasteiger partial charge in [0.2, 0.25) is 0 Å². The largest absolute Gasteiger partial charge is 0.481 e. The first-order chi connectivity index (χ1) is 10.5. The van der Waals surface area contributed by atoms with Crippen molar-refractivity contribution in [1.82, 2.24) is 20.1 Å². The lowest BCUT2D eigenvalue weighted by Crippen LogP contribution is -2.37. The van der Waals surface area contributed by atoms with E-state index in [1.807, 2.05) is 18.2 Å². The van der Waals surface area contributed by atoms with E-state index in [9.17, 15) is 4.79 Å². The Hall–Kier alpha value is -2.37. The van der Waals surface area contributed by atoms with Gasteiger partial charge in [-0.3, -0.25) is 9.89 Å². The standard InChI is InChI=1S/C16H22N4O2/c1-11(2)13-6-5-7-14(8-13)22-12(3)16(21)20(4)9-15-17-10-18-19-15/h5-8,10-12H,9H2,1-4H3,(H,17,18,19)/t12-/m1/s1. The zero-order valence-electron chi connectivity index (χ0n) is 13.4. The Balaban J connectivity index is 1.97. The maximum Gasteiger partial charge on any atom is 0.263 e. The minimum absolute atomic E-state index is 0.105. The fourth-order valence-corrected chi connectivity index (χ4v) is 2.12. The lowest BCUT2D eigenvalue weighted by Gasteiger charge is -2.21. The molecule has 0 saturated carbocycles. The van der Waals surface area contributed by atoms with Gasteiger partial charge in [-0.15, -0.1) is 0 Å². The molecule has 1 aromatic carbocycles. The predicted molar refractivity (Wildman–Crippen MR) is 83.5 cm³/mol. The molecular weight excluding hydrogens is 280 g/mol. The first-order valence-corrected chi connectivity index (χ1v) is 7.33. The summed E-state index contributed by atoms with van der Waals surface area (Å²) in [5, 5.41) is 6.50. The van der Waals surface area contributed by atoms with Gasteiger partial charge in [0.25, 0.3) is 5.91 Å². The predicted octanol–water partition coefficient (Wildman–Crippen LogP) is 2.35. The summed E-state index contributed by atoms with van der Waals surface area (Å²) in [5.41, 5.74) is 1.19. The van der Waals surface area contributed by atoms with Crippen LogP contribution in [0.15, 0.2) is 30.6 Å².